The van der Waals surface area contributed by atoms with E-state index in [4.69, 9.17) is 9.98 Å². The van der Waals surface area contributed by atoms with Gasteiger partial charge >= 0.3 is 0 Å². The SMILES string of the molecule is C1=CCC2C=c3c(n(C4=CC=C(C5=NC(C6C=CC=CC6)=NC(c6ccccc6)N5)CC4)c4ccccc34)=C(C3=C4C=CC=CC4C4C=CC=CC34)C2=C1. The molecule has 0 bridgehead atoms. The van der Waals surface area contributed by atoms with Crippen LogP contribution in [0.4, 0.5) is 0 Å². The molecule has 0 fully saturated rings. The van der Waals surface area contributed by atoms with Gasteiger partial charge in [-0.15, -0.1) is 0 Å². The molecule has 7 aliphatic carbocycles. The molecule has 11 rings (SSSR count). The van der Waals surface area contributed by atoms with E-state index in [2.05, 4.69) is 174 Å². The third-order valence-corrected chi connectivity index (χ3v) is 12.5. The number of benzene rings is 2. The van der Waals surface area contributed by atoms with Crippen molar-refractivity contribution in [1.29, 1.82) is 0 Å². The summed E-state index contributed by atoms with van der Waals surface area (Å²) < 4.78 is 2.62. The number of nitrogens with one attached hydrogen (secondary N) is 1. The van der Waals surface area contributed by atoms with Gasteiger partial charge in [0.2, 0.25) is 0 Å². The summed E-state index contributed by atoms with van der Waals surface area (Å²) in [6.07, 6.45) is 45.3. The number of fused-ring (bicyclic) bond motifs is 7. The molecule has 54 heavy (non-hydrogen) atoms. The van der Waals surface area contributed by atoms with E-state index in [-0.39, 0.29) is 12.1 Å². The summed E-state index contributed by atoms with van der Waals surface area (Å²) in [5, 5.41) is 7.80. The van der Waals surface area contributed by atoms with Crippen LogP contribution in [0.3, 0.4) is 0 Å². The van der Waals surface area contributed by atoms with Crippen LogP contribution in [0.2, 0.25) is 0 Å². The Morgan fingerprint density at radius 1 is 0.704 bits per heavy atom. The molecule has 2 aromatic carbocycles. The third kappa shape index (κ3) is 5.04. The topological polar surface area (TPSA) is 41.7 Å². The molecule has 4 nitrogen and oxygen atoms in total. The van der Waals surface area contributed by atoms with Gasteiger partial charge in [0.25, 0.3) is 0 Å². The van der Waals surface area contributed by atoms with E-state index in [1.807, 2.05) is 0 Å². The van der Waals surface area contributed by atoms with E-state index in [0.717, 1.165) is 42.9 Å². The Kier molecular flexibility index (Phi) is 7.50. The van der Waals surface area contributed by atoms with Gasteiger partial charge in [-0.25, -0.2) is 9.98 Å². The number of nitrogens with zero attached hydrogens (tertiary/aromatic N) is 3. The molecule has 262 valence electrons. The minimum atomic E-state index is -0.167. The van der Waals surface area contributed by atoms with Crippen LogP contribution in [0.25, 0.3) is 28.2 Å². The van der Waals surface area contributed by atoms with Gasteiger partial charge < -0.3 is 9.88 Å². The zero-order valence-electron chi connectivity index (χ0n) is 30.2. The monoisotopic (exact) mass is 698 g/mol. The summed E-state index contributed by atoms with van der Waals surface area (Å²) in [5.74, 6) is 3.56. The van der Waals surface area contributed by atoms with Gasteiger partial charge in [0.15, 0.2) is 0 Å². The summed E-state index contributed by atoms with van der Waals surface area (Å²) in [5.41, 5.74) is 10.9. The first-order valence-corrected chi connectivity index (χ1v) is 19.7. The number of aliphatic imine (C=N–C) groups is 2. The lowest BCUT2D eigenvalue weighted by molar-refractivity contribution is 0.503. The quantitative estimate of drug-likeness (QED) is 0.284. The number of allylic oxidation sites excluding steroid dienone is 20. The van der Waals surface area contributed by atoms with E-state index in [9.17, 15) is 0 Å². The molecular weight excluding hydrogens is 657 g/mol. The minimum Gasteiger partial charge on any atom is -0.344 e. The predicted molar refractivity (Wildman–Crippen MR) is 224 cm³/mol. The van der Waals surface area contributed by atoms with Crippen molar-refractivity contribution in [3.8, 4) is 0 Å². The Morgan fingerprint density at radius 3 is 2.41 bits per heavy atom. The van der Waals surface area contributed by atoms with Crippen molar-refractivity contribution in [3.05, 3.63) is 196 Å². The zero-order chi connectivity index (χ0) is 35.6. The third-order valence-electron chi connectivity index (χ3n) is 12.5. The minimum absolute atomic E-state index is 0.167. The molecule has 4 heteroatoms. The Bertz CT molecular complexity index is 2650. The Hall–Kier alpha value is -6.00. The highest BCUT2D eigenvalue weighted by Crippen LogP contribution is 2.52. The maximum absolute atomic E-state index is 5.21. The zero-order valence-corrected chi connectivity index (χ0v) is 30.2. The summed E-state index contributed by atoms with van der Waals surface area (Å²) in [6, 6.07) is 19.6. The van der Waals surface area contributed by atoms with Crippen LogP contribution in [0.1, 0.15) is 37.4 Å². The number of aromatic nitrogens is 1. The van der Waals surface area contributed by atoms with Crippen molar-refractivity contribution in [2.45, 2.75) is 31.8 Å². The molecule has 1 N–H and O–H groups in total. The van der Waals surface area contributed by atoms with E-state index in [1.165, 1.54) is 55.0 Å². The second-order valence-electron chi connectivity index (χ2n) is 15.5. The molecule has 1 aromatic heterocycles. The van der Waals surface area contributed by atoms with Crippen molar-refractivity contribution >= 4 is 39.9 Å². The maximum Gasteiger partial charge on any atom is 0.147 e. The number of amidine groups is 2. The lowest BCUT2D eigenvalue weighted by atomic mass is 9.75. The van der Waals surface area contributed by atoms with Gasteiger partial charge in [-0.1, -0.05) is 152 Å². The van der Waals surface area contributed by atoms with Crippen LogP contribution in [-0.2, 0) is 0 Å². The summed E-state index contributed by atoms with van der Waals surface area (Å²) >= 11 is 0. The molecule has 2 heterocycles. The van der Waals surface area contributed by atoms with E-state index in [1.54, 1.807) is 0 Å². The van der Waals surface area contributed by atoms with Gasteiger partial charge in [0.05, 0.1) is 10.9 Å². The van der Waals surface area contributed by atoms with Crippen LogP contribution in [-0.4, -0.2) is 16.2 Å². The van der Waals surface area contributed by atoms with Crippen molar-refractivity contribution in [2.24, 2.45) is 39.6 Å². The molecule has 0 saturated heterocycles. The Balaban J connectivity index is 1.09. The molecule has 1 aliphatic heterocycles. The lowest BCUT2D eigenvalue weighted by Crippen LogP contribution is -2.38. The van der Waals surface area contributed by atoms with Crippen LogP contribution < -0.4 is 15.9 Å². The van der Waals surface area contributed by atoms with Crippen molar-refractivity contribution < 1.29 is 0 Å². The fraction of sp³-hybridized carbons (Fsp3) is 0.200. The summed E-state index contributed by atoms with van der Waals surface area (Å²) in [7, 11) is 0. The molecule has 6 unspecified atom stereocenters. The van der Waals surface area contributed by atoms with Crippen molar-refractivity contribution in [1.82, 2.24) is 9.88 Å². The fourth-order valence-electron chi connectivity index (χ4n) is 9.98. The number of rotatable bonds is 5. The molecule has 6 atom stereocenters. The first-order valence-electron chi connectivity index (χ1n) is 19.7. The van der Waals surface area contributed by atoms with Crippen LogP contribution >= 0.6 is 0 Å². The number of hydrogen-bond donors (Lipinski definition) is 1. The molecule has 3 aromatic rings. The molecule has 0 amide bonds. The van der Waals surface area contributed by atoms with E-state index < -0.39 is 0 Å². The largest absolute Gasteiger partial charge is 0.344 e. The maximum atomic E-state index is 5.21. The second kappa shape index (κ2) is 12.8. The smallest absolute Gasteiger partial charge is 0.147 e. The highest BCUT2D eigenvalue weighted by atomic mass is 15.2. The van der Waals surface area contributed by atoms with Crippen LogP contribution in [0, 0.1) is 29.6 Å². The van der Waals surface area contributed by atoms with Gasteiger partial charge in [-0.3, -0.25) is 0 Å². The fourth-order valence-corrected chi connectivity index (χ4v) is 9.98. The molecular formula is C50H42N4. The van der Waals surface area contributed by atoms with E-state index >= 15 is 0 Å². The Morgan fingerprint density at radius 2 is 1.52 bits per heavy atom. The van der Waals surface area contributed by atoms with Crippen LogP contribution in [0.5, 0.6) is 0 Å². The van der Waals surface area contributed by atoms with Gasteiger partial charge in [-0.05, 0) is 71.6 Å². The molecule has 8 aliphatic rings. The predicted octanol–water partition coefficient (Wildman–Crippen LogP) is 9.29. The highest BCUT2D eigenvalue weighted by molar-refractivity contribution is 6.09. The number of para-hydroxylation sites is 1. The molecule has 0 spiro atoms. The first-order chi connectivity index (χ1) is 26.8. The second-order valence-corrected chi connectivity index (χ2v) is 15.5. The van der Waals surface area contributed by atoms with Crippen molar-refractivity contribution in [2.75, 3.05) is 0 Å². The van der Waals surface area contributed by atoms with Crippen molar-refractivity contribution in [3.63, 3.8) is 0 Å². The number of hydrogen-bond acceptors (Lipinski definition) is 3. The lowest BCUT2D eigenvalue weighted by Gasteiger charge is -2.30. The Labute approximate surface area is 316 Å². The average Bonchev–Trinajstić information content (AvgIpc) is 3.76. The normalized spacial score (nSPS) is 28.7. The van der Waals surface area contributed by atoms with Crippen LogP contribution in [0.15, 0.2) is 190 Å². The van der Waals surface area contributed by atoms with Gasteiger partial charge in [0, 0.05) is 45.5 Å². The van der Waals surface area contributed by atoms with Gasteiger partial charge in [-0.2, -0.15) is 0 Å². The molecule has 0 saturated carbocycles. The first kappa shape index (κ1) is 31.5. The summed E-state index contributed by atoms with van der Waals surface area (Å²) in [4.78, 5) is 10.4. The summed E-state index contributed by atoms with van der Waals surface area (Å²) in [6.45, 7) is 0. The molecule has 0 radical (unpaired) electrons. The standard InChI is InChI=1S/C50H42N4/c1-3-15-32(16-4-1)48-51-49(33-17-5-2-6-18-33)53-50(52-48)34-27-29-36(30-28-34)54-44-26-14-13-23-40(44)43-31-35-19-7-8-20-37(35)46(47(43)54)45-41-24-11-9-21-38(41)39-22-10-12-25-42(39)45/h1-17,20-27,29,31,33,35,38-39,41,48H,18-19,28,30H2,(H,51,52,53). The highest BCUT2D eigenvalue weighted by Gasteiger charge is 2.43. The van der Waals surface area contributed by atoms with Gasteiger partial charge in [0.1, 0.15) is 17.8 Å². The average molecular weight is 699 g/mol. The van der Waals surface area contributed by atoms with E-state index in [0.29, 0.717) is 23.7 Å².